The SMILES string of the molecule is O=S(Nc1ccccc1)c1ccc2ccccc2c1. The summed E-state index contributed by atoms with van der Waals surface area (Å²) in [6.45, 7) is 0. The minimum Gasteiger partial charge on any atom is -0.301 e. The molecule has 0 saturated heterocycles. The first-order valence-corrected chi connectivity index (χ1v) is 7.20. The normalized spacial score (nSPS) is 12.2. The van der Waals surface area contributed by atoms with Crippen LogP contribution >= 0.6 is 0 Å². The molecule has 0 bridgehead atoms. The third-order valence-corrected chi connectivity index (χ3v) is 4.02. The molecule has 0 aliphatic carbocycles. The predicted octanol–water partition coefficient (Wildman–Crippen LogP) is 3.97. The standard InChI is InChI=1S/C16H13NOS/c18-19(17-15-8-2-1-3-9-15)16-11-10-13-6-4-5-7-14(13)12-16/h1-12,17H. The molecule has 0 spiro atoms. The average Bonchev–Trinajstić information content (AvgIpc) is 2.48. The average molecular weight is 267 g/mol. The Hall–Kier alpha value is -2.13. The highest BCUT2D eigenvalue weighted by molar-refractivity contribution is 7.86. The van der Waals surface area contributed by atoms with Gasteiger partial charge in [-0.15, -0.1) is 0 Å². The maximum atomic E-state index is 12.3. The van der Waals surface area contributed by atoms with Crippen molar-refractivity contribution in [1.29, 1.82) is 0 Å². The van der Waals surface area contributed by atoms with Crippen LogP contribution in [0.25, 0.3) is 10.8 Å². The van der Waals surface area contributed by atoms with Crippen molar-refractivity contribution < 1.29 is 4.21 Å². The van der Waals surface area contributed by atoms with Gasteiger partial charge in [0.25, 0.3) is 0 Å². The van der Waals surface area contributed by atoms with E-state index in [1.807, 2.05) is 72.8 Å². The molecule has 1 N–H and O–H groups in total. The molecule has 0 aliphatic rings. The minimum atomic E-state index is -1.24. The first-order chi connectivity index (χ1) is 9.33. The fourth-order valence-corrected chi connectivity index (χ4v) is 2.85. The molecular formula is C16H13NOS. The zero-order chi connectivity index (χ0) is 13.1. The Morgan fingerprint density at radius 1 is 0.737 bits per heavy atom. The monoisotopic (exact) mass is 267 g/mol. The van der Waals surface area contributed by atoms with Gasteiger partial charge in [-0.05, 0) is 35.0 Å². The molecule has 3 heteroatoms. The van der Waals surface area contributed by atoms with Gasteiger partial charge in [-0.25, -0.2) is 4.21 Å². The fraction of sp³-hybridized carbons (Fsp3) is 0. The third kappa shape index (κ3) is 2.66. The molecule has 3 aromatic rings. The van der Waals surface area contributed by atoms with Gasteiger partial charge in [-0.3, -0.25) is 0 Å². The van der Waals surface area contributed by atoms with Crippen LogP contribution in [0.1, 0.15) is 0 Å². The van der Waals surface area contributed by atoms with Crippen LogP contribution < -0.4 is 4.72 Å². The molecule has 3 aromatic carbocycles. The molecule has 1 unspecified atom stereocenters. The van der Waals surface area contributed by atoms with E-state index in [1.165, 1.54) is 0 Å². The number of nitrogens with one attached hydrogen (secondary N) is 1. The van der Waals surface area contributed by atoms with Crippen LogP contribution in [0, 0.1) is 0 Å². The summed E-state index contributed by atoms with van der Waals surface area (Å²) in [7, 11) is -1.24. The number of hydrogen-bond donors (Lipinski definition) is 1. The molecule has 94 valence electrons. The number of para-hydroxylation sites is 1. The molecule has 1 atom stereocenters. The first kappa shape index (κ1) is 11.9. The summed E-state index contributed by atoms with van der Waals surface area (Å²) in [6, 6.07) is 23.5. The fourth-order valence-electron chi connectivity index (χ4n) is 1.95. The smallest absolute Gasteiger partial charge is 0.150 e. The van der Waals surface area contributed by atoms with Gasteiger partial charge >= 0.3 is 0 Å². The Kier molecular flexibility index (Phi) is 3.29. The summed E-state index contributed by atoms with van der Waals surface area (Å²) < 4.78 is 15.3. The Bertz CT molecular complexity index is 725. The lowest BCUT2D eigenvalue weighted by atomic mass is 10.1. The van der Waals surface area contributed by atoms with Crippen molar-refractivity contribution in [3.05, 3.63) is 72.8 Å². The van der Waals surface area contributed by atoms with Gasteiger partial charge in [0.1, 0.15) is 11.0 Å². The number of anilines is 1. The molecule has 0 saturated carbocycles. The quantitative estimate of drug-likeness (QED) is 0.764. The van der Waals surface area contributed by atoms with E-state index in [0.29, 0.717) is 0 Å². The highest BCUT2D eigenvalue weighted by Gasteiger charge is 2.04. The molecule has 2 nitrogen and oxygen atoms in total. The van der Waals surface area contributed by atoms with Crippen LogP contribution in [0.2, 0.25) is 0 Å². The van der Waals surface area contributed by atoms with Crippen LogP contribution in [0.3, 0.4) is 0 Å². The molecule has 0 heterocycles. The van der Waals surface area contributed by atoms with Gasteiger partial charge in [-0.1, -0.05) is 48.5 Å². The molecule has 0 fully saturated rings. The summed E-state index contributed by atoms with van der Waals surface area (Å²) in [4.78, 5) is 0.780. The predicted molar refractivity (Wildman–Crippen MR) is 80.4 cm³/mol. The molecule has 0 aromatic heterocycles. The molecule has 0 amide bonds. The van der Waals surface area contributed by atoms with Crippen LogP contribution in [-0.4, -0.2) is 4.21 Å². The van der Waals surface area contributed by atoms with E-state index >= 15 is 0 Å². The number of fused-ring (bicyclic) bond motifs is 1. The highest BCUT2D eigenvalue weighted by atomic mass is 32.2. The van der Waals surface area contributed by atoms with E-state index in [1.54, 1.807) is 0 Å². The number of hydrogen-bond acceptors (Lipinski definition) is 1. The van der Waals surface area contributed by atoms with Crippen LogP contribution in [-0.2, 0) is 11.0 Å². The summed E-state index contributed by atoms with van der Waals surface area (Å²) in [5.41, 5.74) is 0.856. The highest BCUT2D eigenvalue weighted by Crippen LogP contribution is 2.19. The van der Waals surface area contributed by atoms with E-state index in [-0.39, 0.29) is 0 Å². The zero-order valence-corrected chi connectivity index (χ0v) is 11.1. The van der Waals surface area contributed by atoms with Crippen molar-refractivity contribution in [2.45, 2.75) is 4.90 Å². The largest absolute Gasteiger partial charge is 0.301 e. The van der Waals surface area contributed by atoms with Crippen molar-refractivity contribution >= 4 is 27.4 Å². The van der Waals surface area contributed by atoms with E-state index in [9.17, 15) is 4.21 Å². The van der Waals surface area contributed by atoms with Crippen molar-refractivity contribution in [3.63, 3.8) is 0 Å². The second kappa shape index (κ2) is 5.24. The van der Waals surface area contributed by atoms with Gasteiger partial charge < -0.3 is 4.72 Å². The summed E-state index contributed by atoms with van der Waals surface area (Å²) >= 11 is 0. The van der Waals surface area contributed by atoms with Crippen molar-refractivity contribution in [3.8, 4) is 0 Å². The van der Waals surface area contributed by atoms with Crippen LogP contribution in [0.15, 0.2) is 77.7 Å². The Balaban J connectivity index is 1.89. The van der Waals surface area contributed by atoms with Gasteiger partial charge in [0.15, 0.2) is 0 Å². The van der Waals surface area contributed by atoms with E-state index < -0.39 is 11.0 Å². The maximum Gasteiger partial charge on any atom is 0.150 e. The minimum absolute atomic E-state index is 0.780. The summed E-state index contributed by atoms with van der Waals surface area (Å²) in [5.74, 6) is 0. The number of benzene rings is 3. The molecular weight excluding hydrogens is 254 g/mol. The van der Waals surface area contributed by atoms with Crippen molar-refractivity contribution in [2.75, 3.05) is 4.72 Å². The third-order valence-electron chi connectivity index (χ3n) is 2.92. The molecule has 3 rings (SSSR count). The Morgan fingerprint density at radius 2 is 1.42 bits per heavy atom. The van der Waals surface area contributed by atoms with Crippen molar-refractivity contribution in [2.24, 2.45) is 0 Å². The van der Waals surface area contributed by atoms with Crippen LogP contribution in [0.5, 0.6) is 0 Å². The lowest BCUT2D eigenvalue weighted by Crippen LogP contribution is -2.04. The van der Waals surface area contributed by atoms with E-state index in [0.717, 1.165) is 21.4 Å². The first-order valence-electron chi connectivity index (χ1n) is 6.05. The Morgan fingerprint density at radius 3 is 2.21 bits per heavy atom. The Labute approximate surface area is 114 Å². The van der Waals surface area contributed by atoms with Gasteiger partial charge in [-0.2, -0.15) is 0 Å². The zero-order valence-electron chi connectivity index (χ0n) is 10.2. The summed E-state index contributed by atoms with van der Waals surface area (Å²) in [5, 5.41) is 2.26. The van der Waals surface area contributed by atoms with E-state index in [4.69, 9.17) is 0 Å². The maximum absolute atomic E-state index is 12.3. The second-order valence-electron chi connectivity index (χ2n) is 4.25. The second-order valence-corrected chi connectivity index (χ2v) is 5.46. The lowest BCUT2D eigenvalue weighted by Gasteiger charge is -2.06. The lowest BCUT2D eigenvalue weighted by molar-refractivity contribution is 0.686. The number of rotatable bonds is 3. The molecule has 0 aliphatic heterocycles. The van der Waals surface area contributed by atoms with Crippen LogP contribution in [0.4, 0.5) is 5.69 Å². The topological polar surface area (TPSA) is 29.1 Å². The van der Waals surface area contributed by atoms with E-state index in [2.05, 4.69) is 4.72 Å². The van der Waals surface area contributed by atoms with Gasteiger partial charge in [0.05, 0.1) is 4.90 Å². The molecule has 19 heavy (non-hydrogen) atoms. The molecule has 0 radical (unpaired) electrons. The van der Waals surface area contributed by atoms with Gasteiger partial charge in [0, 0.05) is 5.69 Å². The van der Waals surface area contributed by atoms with Gasteiger partial charge in [0.2, 0.25) is 0 Å². The van der Waals surface area contributed by atoms with Crippen molar-refractivity contribution in [1.82, 2.24) is 0 Å². The summed E-state index contributed by atoms with van der Waals surface area (Å²) in [6.07, 6.45) is 0.